The van der Waals surface area contributed by atoms with Crippen molar-refractivity contribution in [1.82, 2.24) is 4.90 Å². The van der Waals surface area contributed by atoms with Gasteiger partial charge in [0.25, 0.3) is 0 Å². The average molecular weight is 391 g/mol. The Morgan fingerprint density at radius 3 is 2.04 bits per heavy atom. The van der Waals surface area contributed by atoms with E-state index in [1.807, 2.05) is 23.9 Å². The summed E-state index contributed by atoms with van der Waals surface area (Å²) in [7, 11) is 3.91. The number of nitrogens with zero attached hydrogens (tertiary/aromatic N) is 2. The largest absolute Gasteiger partial charge is 0.497 e. The van der Waals surface area contributed by atoms with E-state index in [0.29, 0.717) is 0 Å². The van der Waals surface area contributed by atoms with Crippen LogP contribution in [0.5, 0.6) is 5.75 Å². The molecule has 0 atom stereocenters. The van der Waals surface area contributed by atoms with Crippen molar-refractivity contribution in [2.24, 2.45) is 0 Å². The molecule has 1 heterocycles. The highest BCUT2D eigenvalue weighted by molar-refractivity contribution is 7.99. The second-order valence-electron chi connectivity index (χ2n) is 7.09. The molecule has 0 amide bonds. The lowest BCUT2D eigenvalue weighted by Crippen LogP contribution is -2.32. The van der Waals surface area contributed by atoms with Crippen LogP contribution in [0.2, 0.25) is 0 Å². The third kappa shape index (κ3) is 4.18. The molecule has 0 radical (unpaired) electrons. The number of para-hydroxylation sites is 2. The van der Waals surface area contributed by atoms with Gasteiger partial charge in [-0.25, -0.2) is 0 Å². The van der Waals surface area contributed by atoms with Gasteiger partial charge in [0.2, 0.25) is 0 Å². The van der Waals surface area contributed by atoms with Crippen molar-refractivity contribution in [2.75, 3.05) is 38.7 Å². The van der Waals surface area contributed by atoms with Gasteiger partial charge in [0.05, 0.1) is 18.5 Å². The lowest BCUT2D eigenvalue weighted by Gasteiger charge is -2.34. The summed E-state index contributed by atoms with van der Waals surface area (Å²) in [4.78, 5) is 7.55. The van der Waals surface area contributed by atoms with Crippen molar-refractivity contribution in [3.63, 3.8) is 0 Å². The Labute approximate surface area is 171 Å². The van der Waals surface area contributed by atoms with Crippen molar-refractivity contribution in [2.45, 2.75) is 16.2 Å². The molecule has 4 rings (SSSR count). The van der Waals surface area contributed by atoms with Crippen LogP contribution >= 0.6 is 11.8 Å². The highest BCUT2D eigenvalue weighted by Gasteiger charge is 2.22. The second kappa shape index (κ2) is 8.72. The van der Waals surface area contributed by atoms with Gasteiger partial charge in [-0.3, -0.25) is 0 Å². The smallest absolute Gasteiger partial charge is 0.118 e. The summed E-state index contributed by atoms with van der Waals surface area (Å²) in [6.45, 7) is 3.04. The number of ether oxygens (including phenoxy) is 1. The molecule has 4 heteroatoms. The number of anilines is 2. The van der Waals surface area contributed by atoms with Crippen LogP contribution < -0.4 is 9.64 Å². The molecule has 0 unspecified atom stereocenters. The Balaban J connectivity index is 1.40. The summed E-state index contributed by atoms with van der Waals surface area (Å²) in [5.74, 6) is 0.914. The SMILES string of the molecule is COc1ccc(CCN(C)CCN2c3ccccc3Sc3ccccc32)cc1. The fourth-order valence-electron chi connectivity index (χ4n) is 3.52. The van der Waals surface area contributed by atoms with E-state index in [9.17, 15) is 0 Å². The van der Waals surface area contributed by atoms with Crippen molar-refractivity contribution < 1.29 is 4.74 Å². The van der Waals surface area contributed by atoms with E-state index < -0.39 is 0 Å². The number of hydrogen-bond acceptors (Lipinski definition) is 4. The lowest BCUT2D eigenvalue weighted by atomic mass is 10.1. The maximum atomic E-state index is 5.24. The summed E-state index contributed by atoms with van der Waals surface area (Å²) >= 11 is 1.87. The standard InChI is InChI=1S/C24H26N2OS/c1-25(16-15-19-11-13-20(27-2)14-12-19)17-18-26-21-7-3-5-9-23(21)28-24-10-6-4-8-22(24)26/h3-14H,15-18H2,1-2H3. The fraction of sp³-hybridized carbons (Fsp3) is 0.250. The zero-order chi connectivity index (χ0) is 19.3. The van der Waals surface area contributed by atoms with Gasteiger partial charge in [0, 0.05) is 29.4 Å². The molecule has 3 aromatic carbocycles. The molecular weight excluding hydrogens is 364 g/mol. The number of hydrogen-bond donors (Lipinski definition) is 0. The van der Waals surface area contributed by atoms with E-state index >= 15 is 0 Å². The molecule has 3 aromatic rings. The number of rotatable bonds is 7. The van der Waals surface area contributed by atoms with Crippen LogP contribution in [0.4, 0.5) is 11.4 Å². The molecule has 0 aromatic heterocycles. The topological polar surface area (TPSA) is 15.7 Å². The summed E-state index contributed by atoms with van der Waals surface area (Å²) in [5.41, 5.74) is 3.97. The van der Waals surface area contributed by atoms with Crippen molar-refractivity contribution in [3.8, 4) is 5.75 Å². The van der Waals surface area contributed by atoms with E-state index in [-0.39, 0.29) is 0 Å². The van der Waals surface area contributed by atoms with E-state index in [0.717, 1.165) is 31.8 Å². The Bertz CT molecular complexity index is 880. The van der Waals surface area contributed by atoms with Gasteiger partial charge in [-0.05, 0) is 55.4 Å². The van der Waals surface area contributed by atoms with Crippen LogP contribution in [0.25, 0.3) is 0 Å². The minimum atomic E-state index is 0.914. The van der Waals surface area contributed by atoms with Crippen LogP contribution in [-0.2, 0) is 6.42 Å². The molecule has 0 saturated heterocycles. The first-order valence-corrected chi connectivity index (χ1v) is 10.5. The molecule has 0 N–H and O–H groups in total. The minimum absolute atomic E-state index is 0.914. The predicted molar refractivity (Wildman–Crippen MR) is 118 cm³/mol. The molecule has 0 spiro atoms. The van der Waals surface area contributed by atoms with Crippen molar-refractivity contribution in [1.29, 1.82) is 0 Å². The monoisotopic (exact) mass is 390 g/mol. The molecular formula is C24H26N2OS. The van der Waals surface area contributed by atoms with Crippen LogP contribution in [-0.4, -0.2) is 38.7 Å². The van der Waals surface area contributed by atoms with E-state index in [2.05, 4.69) is 77.5 Å². The minimum Gasteiger partial charge on any atom is -0.497 e. The Kier molecular flexibility index (Phi) is 5.89. The number of fused-ring (bicyclic) bond motifs is 2. The highest BCUT2D eigenvalue weighted by Crippen LogP contribution is 2.47. The average Bonchev–Trinajstić information content (AvgIpc) is 2.75. The van der Waals surface area contributed by atoms with E-state index in [1.54, 1.807) is 7.11 Å². The fourth-order valence-corrected chi connectivity index (χ4v) is 4.61. The van der Waals surface area contributed by atoms with Gasteiger partial charge < -0.3 is 14.5 Å². The van der Waals surface area contributed by atoms with Crippen LogP contribution in [0.15, 0.2) is 82.6 Å². The molecule has 3 nitrogen and oxygen atoms in total. The first-order chi connectivity index (χ1) is 13.7. The molecule has 0 fully saturated rings. The first kappa shape index (κ1) is 18.9. The summed E-state index contributed by atoms with van der Waals surface area (Å²) in [5, 5.41) is 0. The zero-order valence-electron chi connectivity index (χ0n) is 16.5. The van der Waals surface area contributed by atoms with Gasteiger partial charge in [-0.2, -0.15) is 0 Å². The molecule has 28 heavy (non-hydrogen) atoms. The van der Waals surface area contributed by atoms with E-state index in [4.69, 9.17) is 4.74 Å². The lowest BCUT2D eigenvalue weighted by molar-refractivity contribution is 0.347. The third-order valence-electron chi connectivity index (χ3n) is 5.18. The maximum Gasteiger partial charge on any atom is 0.118 e. The van der Waals surface area contributed by atoms with Gasteiger partial charge in [-0.15, -0.1) is 0 Å². The summed E-state index contributed by atoms with van der Waals surface area (Å²) in [6, 6.07) is 25.8. The quantitative estimate of drug-likeness (QED) is 0.531. The summed E-state index contributed by atoms with van der Waals surface area (Å²) in [6.07, 6.45) is 1.05. The molecule has 1 aliphatic rings. The number of likely N-dealkylation sites (N-methyl/N-ethyl adjacent to an activating group) is 1. The normalized spacial score (nSPS) is 12.6. The zero-order valence-corrected chi connectivity index (χ0v) is 17.3. The Morgan fingerprint density at radius 2 is 1.43 bits per heavy atom. The molecule has 0 aliphatic carbocycles. The van der Waals surface area contributed by atoms with Crippen LogP contribution in [0.1, 0.15) is 5.56 Å². The molecule has 0 saturated carbocycles. The Hall–Kier alpha value is -2.43. The van der Waals surface area contributed by atoms with Gasteiger partial charge in [-0.1, -0.05) is 48.2 Å². The van der Waals surface area contributed by atoms with Crippen molar-refractivity contribution >= 4 is 23.1 Å². The third-order valence-corrected chi connectivity index (χ3v) is 6.31. The first-order valence-electron chi connectivity index (χ1n) is 9.69. The van der Waals surface area contributed by atoms with Crippen molar-refractivity contribution in [3.05, 3.63) is 78.4 Å². The van der Waals surface area contributed by atoms with E-state index in [1.165, 1.54) is 26.7 Å². The molecule has 144 valence electrons. The van der Waals surface area contributed by atoms with Gasteiger partial charge in [0.1, 0.15) is 5.75 Å². The molecule has 0 bridgehead atoms. The summed E-state index contributed by atoms with van der Waals surface area (Å²) < 4.78 is 5.24. The number of benzene rings is 3. The maximum absolute atomic E-state index is 5.24. The van der Waals surface area contributed by atoms with Gasteiger partial charge in [0.15, 0.2) is 0 Å². The van der Waals surface area contributed by atoms with Gasteiger partial charge >= 0.3 is 0 Å². The predicted octanol–water partition coefficient (Wildman–Crippen LogP) is 5.47. The Morgan fingerprint density at radius 1 is 0.821 bits per heavy atom. The van der Waals surface area contributed by atoms with Crippen LogP contribution in [0.3, 0.4) is 0 Å². The second-order valence-corrected chi connectivity index (χ2v) is 8.17. The highest BCUT2D eigenvalue weighted by atomic mass is 32.2. The molecule has 1 aliphatic heterocycles. The van der Waals surface area contributed by atoms with Crippen LogP contribution in [0, 0.1) is 0 Å². The number of methoxy groups -OCH3 is 1.